The Balaban J connectivity index is 0.00000162. The first-order chi connectivity index (χ1) is 8.18. The Bertz CT molecular complexity index is 386. The Hall–Kier alpha value is -0.710. The predicted molar refractivity (Wildman–Crippen MR) is 79.2 cm³/mol. The molecule has 1 fully saturated rings. The van der Waals surface area contributed by atoms with Crippen LogP contribution >= 0.6 is 24.2 Å². The van der Waals surface area contributed by atoms with Gasteiger partial charge in [-0.15, -0.1) is 24.2 Å². The number of hydrogen-bond acceptors (Lipinski definition) is 3. The second-order valence-electron chi connectivity index (χ2n) is 4.46. The van der Waals surface area contributed by atoms with Gasteiger partial charge in [0, 0.05) is 13.1 Å². The van der Waals surface area contributed by atoms with Gasteiger partial charge in [0.25, 0.3) is 0 Å². The van der Waals surface area contributed by atoms with E-state index < -0.39 is 0 Å². The monoisotopic (exact) mass is 286 g/mol. The van der Waals surface area contributed by atoms with Gasteiger partial charge in [-0.1, -0.05) is 30.3 Å². The van der Waals surface area contributed by atoms with E-state index in [4.69, 9.17) is 0 Å². The van der Waals surface area contributed by atoms with Crippen molar-refractivity contribution >= 4 is 30.1 Å². The topological polar surface area (TPSA) is 23.6 Å². The van der Waals surface area contributed by atoms with Crippen molar-refractivity contribution in [1.82, 2.24) is 9.80 Å². The zero-order valence-electron chi connectivity index (χ0n) is 10.7. The molecule has 1 aliphatic rings. The van der Waals surface area contributed by atoms with Crippen LogP contribution in [0.25, 0.3) is 0 Å². The van der Waals surface area contributed by atoms with E-state index in [9.17, 15) is 4.79 Å². The Morgan fingerprint density at radius 3 is 2.61 bits per heavy atom. The largest absolute Gasteiger partial charge is 0.325 e. The zero-order chi connectivity index (χ0) is 12.3. The summed E-state index contributed by atoms with van der Waals surface area (Å²) in [7, 11) is 4.07. The first-order valence-corrected chi connectivity index (χ1v) is 6.84. The fourth-order valence-electron chi connectivity index (χ4n) is 1.90. The van der Waals surface area contributed by atoms with E-state index >= 15 is 0 Å². The lowest BCUT2D eigenvalue weighted by Gasteiger charge is -2.25. The average molecular weight is 287 g/mol. The molecule has 1 aliphatic heterocycles. The smallest absolute Gasteiger partial charge is 0.233 e. The van der Waals surface area contributed by atoms with Crippen molar-refractivity contribution in [3.8, 4) is 0 Å². The van der Waals surface area contributed by atoms with E-state index in [-0.39, 0.29) is 23.7 Å². The molecule has 0 saturated carbocycles. The highest BCUT2D eigenvalue weighted by atomic mass is 35.5. The lowest BCUT2D eigenvalue weighted by Crippen LogP contribution is -2.34. The number of benzene rings is 1. The molecule has 1 aromatic carbocycles. The van der Waals surface area contributed by atoms with E-state index in [0.29, 0.717) is 5.75 Å². The number of nitrogens with zero attached hydrogens (tertiary/aromatic N) is 2. The minimum atomic E-state index is 0. The number of thioether (sulfide) groups is 1. The van der Waals surface area contributed by atoms with Gasteiger partial charge in [0.05, 0.1) is 5.75 Å². The second-order valence-corrected chi connectivity index (χ2v) is 5.53. The minimum Gasteiger partial charge on any atom is -0.325 e. The quantitative estimate of drug-likeness (QED) is 0.848. The highest BCUT2D eigenvalue weighted by molar-refractivity contribution is 8.00. The summed E-state index contributed by atoms with van der Waals surface area (Å²) in [4.78, 5) is 16.0. The van der Waals surface area contributed by atoms with Crippen molar-refractivity contribution in [2.75, 3.05) is 32.9 Å². The summed E-state index contributed by atoms with van der Waals surface area (Å²) in [6.45, 7) is 1.72. The molecule has 1 unspecified atom stereocenters. The zero-order valence-corrected chi connectivity index (χ0v) is 12.3. The van der Waals surface area contributed by atoms with E-state index in [1.807, 2.05) is 37.2 Å². The number of rotatable bonds is 4. The van der Waals surface area contributed by atoms with E-state index in [1.54, 1.807) is 11.8 Å². The van der Waals surface area contributed by atoms with Gasteiger partial charge in [-0.05, 0) is 19.7 Å². The molecule has 18 heavy (non-hydrogen) atoms. The summed E-state index contributed by atoms with van der Waals surface area (Å²) in [6, 6.07) is 10.3. The summed E-state index contributed by atoms with van der Waals surface area (Å²) in [5.41, 5.74) is 1.22. The maximum absolute atomic E-state index is 11.9. The highest BCUT2D eigenvalue weighted by Crippen LogP contribution is 2.37. The third-order valence-electron chi connectivity index (χ3n) is 2.84. The average Bonchev–Trinajstić information content (AvgIpc) is 2.69. The van der Waals surface area contributed by atoms with Gasteiger partial charge >= 0.3 is 0 Å². The van der Waals surface area contributed by atoms with Crippen LogP contribution in [0.1, 0.15) is 10.9 Å². The van der Waals surface area contributed by atoms with Crippen LogP contribution in [0.3, 0.4) is 0 Å². The standard InChI is InChI=1S/C13H18N2OS.ClH/c1-14(2)8-9-15-12(16)10-17-13(15)11-6-4-3-5-7-11;/h3-7,13H,8-10H2,1-2H3;1H. The molecule has 3 nitrogen and oxygen atoms in total. The molecule has 1 atom stereocenters. The van der Waals surface area contributed by atoms with Gasteiger partial charge in [-0.2, -0.15) is 0 Å². The van der Waals surface area contributed by atoms with Crippen LogP contribution < -0.4 is 0 Å². The van der Waals surface area contributed by atoms with Crippen LogP contribution in [0.2, 0.25) is 0 Å². The molecule has 0 spiro atoms. The summed E-state index contributed by atoms with van der Waals surface area (Å²) in [5.74, 6) is 0.859. The second kappa shape index (κ2) is 7.02. The normalized spacial score (nSPS) is 19.2. The van der Waals surface area contributed by atoms with Crippen LogP contribution in [0.5, 0.6) is 0 Å². The molecule has 0 N–H and O–H groups in total. The van der Waals surface area contributed by atoms with Crippen molar-refractivity contribution in [2.45, 2.75) is 5.37 Å². The third-order valence-corrected chi connectivity index (χ3v) is 4.10. The van der Waals surface area contributed by atoms with E-state index in [2.05, 4.69) is 17.0 Å². The maximum atomic E-state index is 11.9. The van der Waals surface area contributed by atoms with Crippen molar-refractivity contribution in [3.63, 3.8) is 0 Å². The number of carbonyl (C=O) groups is 1. The highest BCUT2D eigenvalue weighted by Gasteiger charge is 2.32. The molecule has 5 heteroatoms. The molecular formula is C13H19ClN2OS. The Labute approximate surface area is 119 Å². The van der Waals surface area contributed by atoms with Gasteiger partial charge < -0.3 is 9.80 Å². The molecule has 1 heterocycles. The van der Waals surface area contributed by atoms with Crippen molar-refractivity contribution in [1.29, 1.82) is 0 Å². The van der Waals surface area contributed by atoms with Crippen LogP contribution in [0.4, 0.5) is 0 Å². The van der Waals surface area contributed by atoms with Crippen LogP contribution in [-0.4, -0.2) is 48.6 Å². The van der Waals surface area contributed by atoms with Gasteiger partial charge in [0.1, 0.15) is 5.37 Å². The van der Waals surface area contributed by atoms with Gasteiger partial charge in [0.15, 0.2) is 0 Å². The van der Waals surface area contributed by atoms with Gasteiger partial charge in [0.2, 0.25) is 5.91 Å². The Morgan fingerprint density at radius 1 is 1.33 bits per heavy atom. The summed E-state index contributed by atoms with van der Waals surface area (Å²) < 4.78 is 0. The van der Waals surface area contributed by atoms with E-state index in [0.717, 1.165) is 13.1 Å². The third kappa shape index (κ3) is 3.64. The Kier molecular flexibility index (Phi) is 5.99. The van der Waals surface area contributed by atoms with Gasteiger partial charge in [-0.3, -0.25) is 4.79 Å². The number of hydrogen-bond donors (Lipinski definition) is 0. The first kappa shape index (κ1) is 15.3. The van der Waals surface area contributed by atoms with Crippen LogP contribution in [0.15, 0.2) is 30.3 Å². The molecular weight excluding hydrogens is 268 g/mol. The molecule has 1 saturated heterocycles. The lowest BCUT2D eigenvalue weighted by atomic mass is 10.2. The molecule has 0 aliphatic carbocycles. The maximum Gasteiger partial charge on any atom is 0.233 e. The number of carbonyl (C=O) groups excluding carboxylic acids is 1. The summed E-state index contributed by atoms with van der Waals surface area (Å²) in [5, 5.41) is 0.198. The van der Waals surface area contributed by atoms with Crippen LogP contribution in [0, 0.1) is 0 Å². The Morgan fingerprint density at radius 2 is 2.00 bits per heavy atom. The summed E-state index contributed by atoms with van der Waals surface area (Å²) in [6.07, 6.45) is 0. The van der Waals surface area contributed by atoms with Gasteiger partial charge in [-0.25, -0.2) is 0 Å². The van der Waals surface area contributed by atoms with Crippen LogP contribution in [-0.2, 0) is 4.79 Å². The number of likely N-dealkylation sites (N-methyl/N-ethyl adjacent to an activating group) is 1. The first-order valence-electron chi connectivity index (χ1n) is 5.79. The SMILES string of the molecule is CN(C)CCN1C(=O)CSC1c1ccccc1.Cl. The molecule has 2 rings (SSSR count). The molecule has 1 amide bonds. The summed E-state index contributed by atoms with van der Waals surface area (Å²) >= 11 is 1.72. The minimum absolute atomic E-state index is 0. The van der Waals surface area contributed by atoms with Crippen molar-refractivity contribution in [3.05, 3.63) is 35.9 Å². The van der Waals surface area contributed by atoms with Crippen molar-refractivity contribution < 1.29 is 4.79 Å². The van der Waals surface area contributed by atoms with E-state index in [1.165, 1.54) is 5.56 Å². The fraction of sp³-hybridized carbons (Fsp3) is 0.462. The number of halogens is 1. The molecule has 0 radical (unpaired) electrons. The molecule has 100 valence electrons. The predicted octanol–water partition coefficient (Wildman–Crippen LogP) is 2.24. The molecule has 0 aromatic heterocycles. The van der Waals surface area contributed by atoms with Crippen molar-refractivity contribution in [2.24, 2.45) is 0 Å². The molecule has 0 bridgehead atoms. The number of amides is 1. The fourth-order valence-corrected chi connectivity index (χ4v) is 3.12. The molecule has 1 aromatic rings. The lowest BCUT2D eigenvalue weighted by molar-refractivity contribution is -0.128.